The van der Waals surface area contributed by atoms with Crippen molar-refractivity contribution in [2.24, 2.45) is 5.92 Å². The lowest BCUT2D eigenvalue weighted by molar-refractivity contribution is 0.397. The molecule has 1 aliphatic carbocycles. The summed E-state index contributed by atoms with van der Waals surface area (Å²) in [5.41, 5.74) is 1.87. The minimum atomic E-state index is 0.559. The molecular formula is C14H17NO. The molecule has 0 aliphatic heterocycles. The maximum atomic E-state index is 9.05. The van der Waals surface area contributed by atoms with Gasteiger partial charge in [0.15, 0.2) is 0 Å². The number of methoxy groups -OCH3 is 1. The quantitative estimate of drug-likeness (QED) is 0.756. The highest BCUT2D eigenvalue weighted by atomic mass is 16.5. The molecule has 2 rings (SSSR count). The van der Waals surface area contributed by atoms with Crippen molar-refractivity contribution < 1.29 is 4.74 Å². The van der Waals surface area contributed by atoms with Gasteiger partial charge in [-0.3, -0.25) is 0 Å². The molecule has 0 heterocycles. The zero-order valence-corrected chi connectivity index (χ0v) is 9.86. The highest BCUT2D eigenvalue weighted by Crippen LogP contribution is 2.43. The van der Waals surface area contributed by atoms with Crippen molar-refractivity contribution in [1.29, 1.82) is 5.26 Å². The Hall–Kier alpha value is -1.49. The Bertz CT molecular complexity index is 419. The molecule has 2 unspecified atom stereocenters. The van der Waals surface area contributed by atoms with Gasteiger partial charge in [-0.25, -0.2) is 0 Å². The fraction of sp³-hybridized carbons (Fsp3) is 0.500. The van der Waals surface area contributed by atoms with Gasteiger partial charge >= 0.3 is 0 Å². The Morgan fingerprint density at radius 1 is 1.38 bits per heavy atom. The van der Waals surface area contributed by atoms with Crippen LogP contribution in [0.25, 0.3) is 0 Å². The molecule has 1 aliphatic rings. The predicted molar refractivity (Wildman–Crippen MR) is 63.5 cm³/mol. The molecular weight excluding hydrogens is 198 g/mol. The summed E-state index contributed by atoms with van der Waals surface area (Å²) >= 11 is 0. The van der Waals surface area contributed by atoms with E-state index in [2.05, 4.69) is 19.1 Å². The first-order valence-corrected chi connectivity index (χ1v) is 5.85. The number of ether oxygens (including phenoxy) is 1. The number of rotatable bonds is 2. The van der Waals surface area contributed by atoms with Gasteiger partial charge in [0.25, 0.3) is 0 Å². The Morgan fingerprint density at radius 2 is 2.19 bits per heavy atom. The van der Waals surface area contributed by atoms with Crippen LogP contribution < -0.4 is 4.74 Å². The Labute approximate surface area is 96.9 Å². The van der Waals surface area contributed by atoms with Gasteiger partial charge in [0, 0.05) is 0 Å². The van der Waals surface area contributed by atoms with Crippen molar-refractivity contribution in [3.05, 3.63) is 29.3 Å². The molecule has 2 nitrogen and oxygen atoms in total. The summed E-state index contributed by atoms with van der Waals surface area (Å²) < 4.78 is 5.41. The summed E-state index contributed by atoms with van der Waals surface area (Å²) in [4.78, 5) is 0. The summed E-state index contributed by atoms with van der Waals surface area (Å²) in [7, 11) is 1.65. The summed E-state index contributed by atoms with van der Waals surface area (Å²) in [6.45, 7) is 2.29. The molecule has 1 aromatic carbocycles. The van der Waals surface area contributed by atoms with E-state index >= 15 is 0 Å². The van der Waals surface area contributed by atoms with Crippen molar-refractivity contribution in [3.63, 3.8) is 0 Å². The molecule has 1 fully saturated rings. The molecule has 0 N–H and O–H groups in total. The lowest BCUT2D eigenvalue weighted by Gasteiger charge is -2.19. The molecule has 84 valence electrons. The zero-order valence-electron chi connectivity index (χ0n) is 9.86. The summed E-state index contributed by atoms with van der Waals surface area (Å²) in [6.07, 6.45) is 3.78. The monoisotopic (exact) mass is 215 g/mol. The van der Waals surface area contributed by atoms with E-state index in [1.165, 1.54) is 24.8 Å². The summed E-state index contributed by atoms with van der Waals surface area (Å²) in [6, 6.07) is 8.08. The first-order valence-electron chi connectivity index (χ1n) is 5.85. The molecule has 0 saturated heterocycles. The third-order valence-corrected chi connectivity index (χ3v) is 3.63. The highest BCUT2D eigenvalue weighted by molar-refractivity contribution is 5.50. The molecule has 0 spiro atoms. The van der Waals surface area contributed by atoms with E-state index in [1.807, 2.05) is 12.1 Å². The molecule has 0 aromatic heterocycles. The molecule has 0 radical (unpaired) electrons. The van der Waals surface area contributed by atoms with Gasteiger partial charge in [-0.1, -0.05) is 31.9 Å². The molecule has 2 heteroatoms. The van der Waals surface area contributed by atoms with E-state index in [1.54, 1.807) is 7.11 Å². The lowest BCUT2D eigenvalue weighted by Crippen LogP contribution is -2.05. The minimum absolute atomic E-state index is 0.559. The summed E-state index contributed by atoms with van der Waals surface area (Å²) in [5, 5.41) is 9.05. The van der Waals surface area contributed by atoms with Crippen LogP contribution in [0.5, 0.6) is 5.75 Å². The van der Waals surface area contributed by atoms with Gasteiger partial charge in [0.2, 0.25) is 0 Å². The maximum Gasteiger partial charge on any atom is 0.140 e. The molecule has 0 amide bonds. The van der Waals surface area contributed by atoms with Gasteiger partial charge in [-0.2, -0.15) is 5.26 Å². The van der Waals surface area contributed by atoms with Gasteiger partial charge in [-0.05, 0) is 29.9 Å². The van der Waals surface area contributed by atoms with Crippen molar-refractivity contribution >= 4 is 0 Å². The van der Waals surface area contributed by atoms with Crippen LogP contribution in [0, 0.1) is 17.2 Å². The third kappa shape index (κ3) is 1.78. The van der Waals surface area contributed by atoms with E-state index in [0.29, 0.717) is 17.4 Å². The van der Waals surface area contributed by atoms with Crippen molar-refractivity contribution in [1.82, 2.24) is 0 Å². The minimum Gasteiger partial charge on any atom is -0.495 e. The zero-order chi connectivity index (χ0) is 11.5. The van der Waals surface area contributed by atoms with Crippen LogP contribution in [0.2, 0.25) is 0 Å². The van der Waals surface area contributed by atoms with Crippen molar-refractivity contribution in [2.75, 3.05) is 7.11 Å². The van der Waals surface area contributed by atoms with Gasteiger partial charge < -0.3 is 4.74 Å². The number of hydrogen-bond donors (Lipinski definition) is 0. The lowest BCUT2D eigenvalue weighted by atomic mass is 9.88. The highest BCUT2D eigenvalue weighted by Gasteiger charge is 2.28. The molecule has 2 atom stereocenters. The Kier molecular flexibility index (Phi) is 3.14. The Balaban J connectivity index is 2.44. The third-order valence-electron chi connectivity index (χ3n) is 3.63. The SMILES string of the molecule is COc1c(C#N)cccc1C1CCCC1C. The van der Waals surface area contributed by atoms with Crippen LogP contribution in [0.15, 0.2) is 18.2 Å². The number of nitrogens with zero attached hydrogens (tertiary/aromatic N) is 1. The van der Waals surface area contributed by atoms with Crippen LogP contribution in [-0.2, 0) is 0 Å². The maximum absolute atomic E-state index is 9.05. The van der Waals surface area contributed by atoms with Gasteiger partial charge in [0.05, 0.1) is 12.7 Å². The van der Waals surface area contributed by atoms with Crippen molar-refractivity contribution in [2.45, 2.75) is 32.1 Å². The number of para-hydroxylation sites is 1. The average molecular weight is 215 g/mol. The summed E-state index contributed by atoms with van der Waals surface area (Å²) in [5.74, 6) is 2.04. The Morgan fingerprint density at radius 3 is 2.75 bits per heavy atom. The molecule has 1 aromatic rings. The molecule has 1 saturated carbocycles. The van der Waals surface area contributed by atoms with E-state index in [0.717, 1.165) is 5.75 Å². The number of hydrogen-bond acceptors (Lipinski definition) is 2. The number of nitriles is 1. The molecule has 16 heavy (non-hydrogen) atoms. The average Bonchev–Trinajstić information content (AvgIpc) is 2.74. The van der Waals surface area contributed by atoms with E-state index in [9.17, 15) is 0 Å². The second-order valence-corrected chi connectivity index (χ2v) is 4.55. The van der Waals surface area contributed by atoms with Crippen LogP contribution in [0.3, 0.4) is 0 Å². The van der Waals surface area contributed by atoms with Crippen molar-refractivity contribution in [3.8, 4) is 11.8 Å². The predicted octanol–water partition coefficient (Wildman–Crippen LogP) is 3.47. The van der Waals surface area contributed by atoms with Crippen LogP contribution in [0.4, 0.5) is 0 Å². The van der Waals surface area contributed by atoms with E-state index < -0.39 is 0 Å². The number of benzene rings is 1. The fourth-order valence-corrected chi connectivity index (χ4v) is 2.77. The normalized spacial score (nSPS) is 24.1. The smallest absolute Gasteiger partial charge is 0.140 e. The van der Waals surface area contributed by atoms with Crippen LogP contribution in [0.1, 0.15) is 43.2 Å². The second kappa shape index (κ2) is 4.57. The first kappa shape index (κ1) is 11.0. The van der Waals surface area contributed by atoms with E-state index in [-0.39, 0.29) is 0 Å². The largest absolute Gasteiger partial charge is 0.495 e. The second-order valence-electron chi connectivity index (χ2n) is 4.55. The first-order chi connectivity index (χ1) is 7.77. The van der Waals surface area contributed by atoms with Gasteiger partial charge in [-0.15, -0.1) is 0 Å². The standard InChI is InChI=1S/C14H17NO/c1-10-5-3-7-12(10)13-8-4-6-11(9-15)14(13)16-2/h4,6,8,10,12H,3,5,7H2,1-2H3. The molecule has 0 bridgehead atoms. The van der Waals surface area contributed by atoms with Crippen LogP contribution >= 0.6 is 0 Å². The van der Waals surface area contributed by atoms with Crippen LogP contribution in [-0.4, -0.2) is 7.11 Å². The topological polar surface area (TPSA) is 33.0 Å². The van der Waals surface area contributed by atoms with Gasteiger partial charge in [0.1, 0.15) is 11.8 Å². The van der Waals surface area contributed by atoms with E-state index in [4.69, 9.17) is 10.00 Å². The fourth-order valence-electron chi connectivity index (χ4n) is 2.77.